The zero-order valence-electron chi connectivity index (χ0n) is 25.8. The third-order valence-electron chi connectivity index (χ3n) is 8.40. The average molecular weight is 602 g/mol. The number of carbonyl (C=O) groups is 1. The van der Waals surface area contributed by atoms with Crippen LogP contribution in [0.5, 0.6) is 11.5 Å². The lowest BCUT2D eigenvalue weighted by Crippen LogP contribution is -2.22. The standard InChI is InChI=1S/C37H35N3O5/c1-38-34-18-13-28(37(42)43)19-32(34)33-20-31(36(41)39(2)35(33)38)27-11-5-24(6-12-27)21-40(22-25-7-14-29(44-3)15-8-25)23-26-9-16-30(45-4)17-10-26/h5-20H,21-23H2,1-4H3,(H,42,43). The molecule has 6 aromatic rings. The number of nitrogens with zero attached hydrogens (tertiary/aromatic N) is 3. The molecule has 0 saturated carbocycles. The Hall–Kier alpha value is -5.34. The first-order valence-corrected chi connectivity index (χ1v) is 14.7. The molecule has 0 saturated heterocycles. The van der Waals surface area contributed by atoms with Gasteiger partial charge in [-0.2, -0.15) is 0 Å². The van der Waals surface area contributed by atoms with Gasteiger partial charge >= 0.3 is 5.97 Å². The van der Waals surface area contributed by atoms with E-state index in [1.54, 1.807) is 44.0 Å². The number of pyridine rings is 1. The number of carboxylic acid groups (broad SMARTS) is 1. The third-order valence-corrected chi connectivity index (χ3v) is 8.40. The number of hydrogen-bond acceptors (Lipinski definition) is 5. The van der Waals surface area contributed by atoms with E-state index in [9.17, 15) is 14.7 Å². The SMILES string of the molecule is COc1ccc(CN(Cc2ccc(OC)cc2)Cc2ccc(-c3cc4c5cc(C(=O)O)ccc5n(C)c4n(C)c3=O)cc2)cc1. The van der Waals surface area contributed by atoms with Crippen LogP contribution in [0.3, 0.4) is 0 Å². The lowest BCUT2D eigenvalue weighted by Gasteiger charge is -2.23. The number of methoxy groups -OCH3 is 2. The zero-order valence-corrected chi connectivity index (χ0v) is 25.8. The number of rotatable bonds is 10. The quantitative estimate of drug-likeness (QED) is 0.190. The number of hydrogen-bond donors (Lipinski definition) is 1. The highest BCUT2D eigenvalue weighted by Gasteiger charge is 2.18. The van der Waals surface area contributed by atoms with Crippen LogP contribution in [0.4, 0.5) is 0 Å². The van der Waals surface area contributed by atoms with Crippen molar-refractivity contribution in [2.45, 2.75) is 19.6 Å². The van der Waals surface area contributed by atoms with Gasteiger partial charge in [0.05, 0.1) is 25.3 Å². The minimum absolute atomic E-state index is 0.111. The largest absolute Gasteiger partial charge is 0.497 e. The fourth-order valence-electron chi connectivity index (χ4n) is 6.02. The monoisotopic (exact) mass is 601 g/mol. The van der Waals surface area contributed by atoms with Crippen LogP contribution < -0.4 is 15.0 Å². The summed E-state index contributed by atoms with van der Waals surface area (Å²) in [4.78, 5) is 27.6. The molecule has 2 aromatic heterocycles. The van der Waals surface area contributed by atoms with Gasteiger partial charge in [0, 0.05) is 50.1 Å². The molecule has 228 valence electrons. The first kappa shape index (κ1) is 29.7. The van der Waals surface area contributed by atoms with Crippen molar-refractivity contribution in [3.05, 3.63) is 130 Å². The van der Waals surface area contributed by atoms with E-state index in [0.717, 1.165) is 57.7 Å². The van der Waals surface area contributed by atoms with Gasteiger partial charge in [-0.25, -0.2) is 4.79 Å². The summed E-state index contributed by atoms with van der Waals surface area (Å²) in [6.45, 7) is 2.19. The minimum atomic E-state index is -0.984. The van der Waals surface area contributed by atoms with Crippen LogP contribution in [0.1, 0.15) is 27.0 Å². The summed E-state index contributed by atoms with van der Waals surface area (Å²) in [5.74, 6) is 0.667. The van der Waals surface area contributed by atoms with Gasteiger partial charge in [-0.05, 0) is 70.8 Å². The van der Waals surface area contributed by atoms with Crippen LogP contribution in [0.15, 0.2) is 102 Å². The van der Waals surface area contributed by atoms with E-state index in [0.29, 0.717) is 12.1 Å². The number of aromatic nitrogens is 2. The Balaban J connectivity index is 1.32. The molecule has 6 rings (SSSR count). The first-order chi connectivity index (χ1) is 21.7. The van der Waals surface area contributed by atoms with Crippen molar-refractivity contribution >= 4 is 27.9 Å². The van der Waals surface area contributed by atoms with E-state index >= 15 is 0 Å². The molecule has 0 spiro atoms. The highest BCUT2D eigenvalue weighted by atomic mass is 16.5. The third kappa shape index (κ3) is 5.92. The van der Waals surface area contributed by atoms with Crippen molar-refractivity contribution in [3.63, 3.8) is 0 Å². The van der Waals surface area contributed by atoms with Crippen LogP contribution in [0.25, 0.3) is 33.1 Å². The molecule has 0 aliphatic heterocycles. The summed E-state index contributed by atoms with van der Waals surface area (Å²) >= 11 is 0. The van der Waals surface area contributed by atoms with Crippen LogP contribution in [0.2, 0.25) is 0 Å². The maximum atomic E-state index is 13.6. The molecule has 1 N–H and O–H groups in total. The molecule has 0 atom stereocenters. The maximum absolute atomic E-state index is 13.6. The van der Waals surface area contributed by atoms with E-state index in [4.69, 9.17) is 9.47 Å². The van der Waals surface area contributed by atoms with Gasteiger partial charge < -0.3 is 19.1 Å². The molecular weight excluding hydrogens is 566 g/mol. The van der Waals surface area contributed by atoms with Crippen molar-refractivity contribution in [2.75, 3.05) is 14.2 Å². The highest BCUT2D eigenvalue weighted by Crippen LogP contribution is 2.31. The summed E-state index contributed by atoms with van der Waals surface area (Å²) < 4.78 is 14.3. The van der Waals surface area contributed by atoms with E-state index < -0.39 is 5.97 Å². The van der Waals surface area contributed by atoms with E-state index in [1.807, 2.05) is 54.1 Å². The lowest BCUT2D eigenvalue weighted by atomic mass is 10.0. The van der Waals surface area contributed by atoms with Gasteiger partial charge in [0.2, 0.25) is 0 Å². The molecule has 2 heterocycles. The van der Waals surface area contributed by atoms with Gasteiger partial charge in [0.15, 0.2) is 0 Å². The predicted octanol–water partition coefficient (Wildman–Crippen LogP) is 6.62. The molecule has 0 aliphatic rings. The van der Waals surface area contributed by atoms with Crippen molar-refractivity contribution in [1.82, 2.24) is 14.0 Å². The minimum Gasteiger partial charge on any atom is -0.497 e. The Kier molecular flexibility index (Phi) is 8.15. The number of aromatic carboxylic acids is 1. The van der Waals surface area contributed by atoms with E-state index in [2.05, 4.69) is 41.3 Å². The first-order valence-electron chi connectivity index (χ1n) is 14.7. The van der Waals surface area contributed by atoms with Crippen molar-refractivity contribution in [1.29, 1.82) is 0 Å². The number of fused-ring (bicyclic) bond motifs is 3. The second-order valence-corrected chi connectivity index (χ2v) is 11.3. The number of benzene rings is 4. The maximum Gasteiger partial charge on any atom is 0.335 e. The van der Waals surface area contributed by atoms with Gasteiger partial charge in [-0.1, -0.05) is 48.5 Å². The lowest BCUT2D eigenvalue weighted by molar-refractivity contribution is 0.0697. The Morgan fingerprint density at radius 3 is 1.69 bits per heavy atom. The molecule has 0 aliphatic carbocycles. The summed E-state index contributed by atoms with van der Waals surface area (Å²) in [5, 5.41) is 11.2. The van der Waals surface area contributed by atoms with E-state index in [1.165, 1.54) is 11.1 Å². The topological polar surface area (TPSA) is 85.9 Å². The number of carboxylic acids is 1. The Bertz CT molecular complexity index is 2010. The zero-order chi connectivity index (χ0) is 31.7. The second kappa shape index (κ2) is 12.3. The Morgan fingerprint density at radius 2 is 1.20 bits per heavy atom. The Morgan fingerprint density at radius 1 is 0.689 bits per heavy atom. The van der Waals surface area contributed by atoms with Crippen molar-refractivity contribution in [2.24, 2.45) is 14.1 Å². The van der Waals surface area contributed by atoms with Crippen LogP contribution >= 0.6 is 0 Å². The summed E-state index contributed by atoms with van der Waals surface area (Å²) in [7, 11) is 6.98. The summed E-state index contributed by atoms with van der Waals surface area (Å²) in [6.07, 6.45) is 0. The molecule has 0 fully saturated rings. The van der Waals surface area contributed by atoms with Crippen LogP contribution in [0, 0.1) is 0 Å². The van der Waals surface area contributed by atoms with E-state index in [-0.39, 0.29) is 11.1 Å². The summed E-state index contributed by atoms with van der Waals surface area (Å²) in [5.41, 5.74) is 6.57. The molecular formula is C37H35N3O5. The van der Waals surface area contributed by atoms with Gasteiger partial charge in [0.1, 0.15) is 17.1 Å². The fourth-order valence-corrected chi connectivity index (χ4v) is 6.02. The average Bonchev–Trinajstić information content (AvgIpc) is 3.34. The molecule has 45 heavy (non-hydrogen) atoms. The molecule has 0 unspecified atom stereocenters. The second-order valence-electron chi connectivity index (χ2n) is 11.3. The van der Waals surface area contributed by atoms with Gasteiger partial charge in [0.25, 0.3) is 5.56 Å². The predicted molar refractivity (Wildman–Crippen MR) is 177 cm³/mol. The number of aryl methyl sites for hydroxylation is 2. The van der Waals surface area contributed by atoms with Gasteiger partial charge in [-0.3, -0.25) is 14.3 Å². The molecule has 8 heteroatoms. The van der Waals surface area contributed by atoms with Crippen molar-refractivity contribution in [3.8, 4) is 22.6 Å². The van der Waals surface area contributed by atoms with Gasteiger partial charge in [-0.15, -0.1) is 0 Å². The number of ether oxygens (including phenoxy) is 2. The summed E-state index contributed by atoms with van der Waals surface area (Å²) in [6, 6.07) is 31.3. The molecule has 0 radical (unpaired) electrons. The Labute approximate surface area is 261 Å². The molecule has 0 amide bonds. The van der Waals surface area contributed by atoms with Crippen LogP contribution in [-0.2, 0) is 33.7 Å². The normalized spacial score (nSPS) is 11.4. The molecule has 4 aromatic carbocycles. The fraction of sp³-hybridized carbons (Fsp3) is 0.189. The smallest absolute Gasteiger partial charge is 0.335 e. The molecule has 8 nitrogen and oxygen atoms in total. The molecule has 0 bridgehead atoms. The van der Waals surface area contributed by atoms with Crippen molar-refractivity contribution < 1.29 is 19.4 Å². The highest BCUT2D eigenvalue weighted by molar-refractivity contribution is 6.10. The van der Waals surface area contributed by atoms with Crippen LogP contribution in [-0.4, -0.2) is 39.3 Å².